The van der Waals surface area contributed by atoms with Crippen molar-refractivity contribution in [3.8, 4) is 17.2 Å². The van der Waals surface area contributed by atoms with Crippen molar-refractivity contribution in [2.45, 2.75) is 45.4 Å². The topological polar surface area (TPSA) is 77.2 Å². The fraction of sp³-hybridized carbons (Fsp3) is 0.500. The molecular weight excluding hydrogens is 306 g/mol. The van der Waals surface area contributed by atoms with E-state index in [1.54, 1.807) is 0 Å². The quantitative estimate of drug-likeness (QED) is 0.825. The standard InChI is InChI=1S/C18H23N3O3/c1-4-5-9-19-15(22)10-14-20-17(24-21-14)12-7-6-8-13-16(12)23-11-18(13,2)3/h6-8H,4-5,9-11H2,1-3H3,(H,19,22). The molecule has 0 bridgehead atoms. The first kappa shape index (κ1) is 16.5. The fourth-order valence-electron chi connectivity index (χ4n) is 2.77. The lowest BCUT2D eigenvalue weighted by Gasteiger charge is -2.14. The molecule has 2 heterocycles. The van der Waals surface area contributed by atoms with Gasteiger partial charge in [-0.1, -0.05) is 44.5 Å². The molecule has 0 spiro atoms. The van der Waals surface area contributed by atoms with Gasteiger partial charge in [0.25, 0.3) is 5.89 Å². The molecule has 0 unspecified atom stereocenters. The predicted octanol–water partition coefficient (Wildman–Crippen LogP) is 2.87. The number of hydrogen-bond acceptors (Lipinski definition) is 5. The Hall–Kier alpha value is -2.37. The summed E-state index contributed by atoms with van der Waals surface area (Å²) in [7, 11) is 0. The average molecular weight is 329 g/mol. The van der Waals surface area contributed by atoms with Crippen LogP contribution in [0.2, 0.25) is 0 Å². The Labute approximate surface area is 141 Å². The molecule has 3 rings (SSSR count). The SMILES string of the molecule is CCCCNC(=O)Cc1noc(-c2cccc3c2OCC3(C)C)n1. The van der Waals surface area contributed by atoms with Gasteiger partial charge in [0.05, 0.1) is 18.6 Å². The van der Waals surface area contributed by atoms with Crippen LogP contribution in [0, 0.1) is 0 Å². The number of rotatable bonds is 6. The van der Waals surface area contributed by atoms with E-state index in [-0.39, 0.29) is 17.7 Å². The first-order valence-electron chi connectivity index (χ1n) is 8.37. The molecule has 6 nitrogen and oxygen atoms in total. The van der Waals surface area contributed by atoms with Crippen LogP contribution in [0.1, 0.15) is 45.0 Å². The zero-order chi connectivity index (χ0) is 17.2. The molecule has 0 saturated carbocycles. The summed E-state index contributed by atoms with van der Waals surface area (Å²) in [5.41, 5.74) is 1.88. The van der Waals surface area contributed by atoms with Crippen LogP contribution in [0.3, 0.4) is 0 Å². The predicted molar refractivity (Wildman–Crippen MR) is 89.9 cm³/mol. The third-order valence-electron chi connectivity index (χ3n) is 4.19. The average Bonchev–Trinajstić information content (AvgIpc) is 3.12. The number of nitrogens with zero attached hydrogens (tertiary/aromatic N) is 2. The van der Waals surface area contributed by atoms with Gasteiger partial charge in [0.1, 0.15) is 5.75 Å². The van der Waals surface area contributed by atoms with Gasteiger partial charge >= 0.3 is 0 Å². The van der Waals surface area contributed by atoms with E-state index in [9.17, 15) is 4.79 Å². The van der Waals surface area contributed by atoms with Crippen LogP contribution in [-0.4, -0.2) is 29.2 Å². The Morgan fingerprint density at radius 2 is 2.21 bits per heavy atom. The normalized spacial score (nSPS) is 15.0. The summed E-state index contributed by atoms with van der Waals surface area (Å²) in [6, 6.07) is 5.93. The number of hydrogen-bond donors (Lipinski definition) is 1. The molecular formula is C18H23N3O3. The third kappa shape index (κ3) is 3.27. The number of fused-ring (bicyclic) bond motifs is 1. The van der Waals surface area contributed by atoms with Gasteiger partial charge in [-0.2, -0.15) is 4.98 Å². The van der Waals surface area contributed by atoms with Crippen LogP contribution < -0.4 is 10.1 Å². The maximum Gasteiger partial charge on any atom is 0.261 e. The molecule has 0 aliphatic carbocycles. The lowest BCUT2D eigenvalue weighted by atomic mass is 9.86. The van der Waals surface area contributed by atoms with E-state index in [1.807, 2.05) is 12.1 Å². The van der Waals surface area contributed by atoms with Crippen LogP contribution in [0.5, 0.6) is 5.75 Å². The van der Waals surface area contributed by atoms with E-state index in [0.717, 1.165) is 29.7 Å². The molecule has 128 valence electrons. The van der Waals surface area contributed by atoms with Gasteiger partial charge < -0.3 is 14.6 Å². The zero-order valence-corrected chi connectivity index (χ0v) is 14.4. The van der Waals surface area contributed by atoms with Gasteiger partial charge in [0.15, 0.2) is 5.82 Å². The highest BCUT2D eigenvalue weighted by Crippen LogP contribution is 2.43. The van der Waals surface area contributed by atoms with Gasteiger partial charge in [-0.15, -0.1) is 0 Å². The molecule has 1 aromatic heterocycles. The monoisotopic (exact) mass is 329 g/mol. The third-order valence-corrected chi connectivity index (χ3v) is 4.19. The summed E-state index contributed by atoms with van der Waals surface area (Å²) >= 11 is 0. The summed E-state index contributed by atoms with van der Waals surface area (Å²) < 4.78 is 11.2. The van der Waals surface area contributed by atoms with E-state index in [1.165, 1.54) is 0 Å². The van der Waals surface area contributed by atoms with Crippen molar-refractivity contribution in [1.29, 1.82) is 0 Å². The Bertz CT molecular complexity index is 737. The van der Waals surface area contributed by atoms with Gasteiger partial charge in [-0.3, -0.25) is 4.79 Å². The van der Waals surface area contributed by atoms with Crippen LogP contribution in [0.4, 0.5) is 0 Å². The van der Waals surface area contributed by atoms with E-state index >= 15 is 0 Å². The summed E-state index contributed by atoms with van der Waals surface area (Å²) in [5, 5.41) is 6.77. The van der Waals surface area contributed by atoms with Crippen molar-refractivity contribution in [3.63, 3.8) is 0 Å². The zero-order valence-electron chi connectivity index (χ0n) is 14.4. The van der Waals surface area contributed by atoms with E-state index in [4.69, 9.17) is 9.26 Å². The van der Waals surface area contributed by atoms with Crippen molar-refractivity contribution in [1.82, 2.24) is 15.5 Å². The number of benzene rings is 1. The number of aromatic nitrogens is 2. The first-order valence-corrected chi connectivity index (χ1v) is 8.37. The van der Waals surface area contributed by atoms with Crippen molar-refractivity contribution < 1.29 is 14.1 Å². The summed E-state index contributed by atoms with van der Waals surface area (Å²) in [6.45, 7) is 7.67. The smallest absolute Gasteiger partial charge is 0.261 e. The number of ether oxygens (including phenoxy) is 1. The molecule has 6 heteroatoms. The molecule has 0 saturated heterocycles. The lowest BCUT2D eigenvalue weighted by molar-refractivity contribution is -0.120. The Balaban J connectivity index is 1.75. The second kappa shape index (κ2) is 6.63. The van der Waals surface area contributed by atoms with E-state index in [2.05, 4.69) is 42.3 Å². The highest BCUT2D eigenvalue weighted by Gasteiger charge is 2.34. The van der Waals surface area contributed by atoms with Crippen molar-refractivity contribution in [3.05, 3.63) is 29.6 Å². The number of unbranched alkanes of at least 4 members (excludes halogenated alkanes) is 1. The number of carbonyl (C=O) groups excluding carboxylic acids is 1. The van der Waals surface area contributed by atoms with Gasteiger partial charge in [0.2, 0.25) is 5.91 Å². The Morgan fingerprint density at radius 3 is 3.00 bits per heavy atom. The molecule has 2 aromatic rings. The molecule has 1 aliphatic rings. The maximum atomic E-state index is 11.8. The molecule has 0 radical (unpaired) electrons. The van der Waals surface area contributed by atoms with Gasteiger partial charge in [0, 0.05) is 17.5 Å². The molecule has 1 amide bonds. The molecule has 0 atom stereocenters. The largest absolute Gasteiger partial charge is 0.492 e. The summed E-state index contributed by atoms with van der Waals surface area (Å²) in [4.78, 5) is 16.2. The number of carbonyl (C=O) groups is 1. The van der Waals surface area contributed by atoms with Crippen LogP contribution >= 0.6 is 0 Å². The first-order chi connectivity index (χ1) is 11.5. The van der Waals surface area contributed by atoms with Crippen LogP contribution in [0.15, 0.2) is 22.7 Å². The van der Waals surface area contributed by atoms with Crippen LogP contribution in [-0.2, 0) is 16.6 Å². The second-order valence-electron chi connectivity index (χ2n) is 6.75. The summed E-state index contributed by atoms with van der Waals surface area (Å²) in [5.74, 6) is 1.48. The van der Waals surface area contributed by atoms with Crippen molar-refractivity contribution in [2.24, 2.45) is 0 Å². The van der Waals surface area contributed by atoms with Gasteiger partial charge in [-0.25, -0.2) is 0 Å². The maximum absolute atomic E-state index is 11.8. The number of para-hydroxylation sites is 1. The molecule has 0 fully saturated rings. The van der Waals surface area contributed by atoms with E-state index < -0.39 is 0 Å². The number of amides is 1. The minimum Gasteiger partial charge on any atom is -0.492 e. The highest BCUT2D eigenvalue weighted by molar-refractivity contribution is 5.77. The van der Waals surface area contributed by atoms with Gasteiger partial charge in [-0.05, 0) is 12.5 Å². The van der Waals surface area contributed by atoms with E-state index in [0.29, 0.717) is 24.9 Å². The van der Waals surface area contributed by atoms with Crippen molar-refractivity contribution >= 4 is 5.91 Å². The summed E-state index contributed by atoms with van der Waals surface area (Å²) in [6.07, 6.45) is 2.13. The minimum absolute atomic E-state index is 0.0344. The molecule has 1 aliphatic heterocycles. The lowest BCUT2D eigenvalue weighted by Crippen LogP contribution is -2.26. The number of nitrogens with one attached hydrogen (secondary N) is 1. The second-order valence-corrected chi connectivity index (χ2v) is 6.75. The fourth-order valence-corrected chi connectivity index (χ4v) is 2.77. The molecule has 1 aromatic carbocycles. The molecule has 24 heavy (non-hydrogen) atoms. The molecule has 1 N–H and O–H groups in total. The Morgan fingerprint density at radius 1 is 1.38 bits per heavy atom. The van der Waals surface area contributed by atoms with Crippen molar-refractivity contribution in [2.75, 3.05) is 13.2 Å². The van der Waals surface area contributed by atoms with Crippen LogP contribution in [0.25, 0.3) is 11.5 Å². The highest BCUT2D eigenvalue weighted by atomic mass is 16.5. The minimum atomic E-state index is -0.0912. The Kier molecular flexibility index (Phi) is 4.55.